The predicted octanol–water partition coefficient (Wildman–Crippen LogP) is 3.96. The van der Waals surface area contributed by atoms with Crippen molar-refractivity contribution >= 4 is 43.0 Å². The minimum Gasteiger partial charge on any atom is -0.495 e. The molecular weight excluding hydrogens is 464 g/mol. The lowest BCUT2D eigenvalue weighted by Gasteiger charge is -2.15. The minimum absolute atomic E-state index is 0.0506. The van der Waals surface area contributed by atoms with E-state index in [2.05, 4.69) is 9.44 Å². The molecule has 0 saturated heterocycles. The topological polar surface area (TPSA) is 111 Å². The highest BCUT2D eigenvalue weighted by Crippen LogP contribution is 2.32. The molecule has 31 heavy (non-hydrogen) atoms. The van der Waals surface area contributed by atoms with Gasteiger partial charge in [-0.25, -0.2) is 16.8 Å². The van der Waals surface area contributed by atoms with Crippen LogP contribution in [0.15, 0.2) is 76.5 Å². The van der Waals surface area contributed by atoms with Crippen LogP contribution in [0.1, 0.15) is 0 Å². The van der Waals surface area contributed by atoms with Crippen LogP contribution >= 0.6 is 11.6 Å². The van der Waals surface area contributed by atoms with Crippen molar-refractivity contribution in [1.82, 2.24) is 0 Å². The highest BCUT2D eigenvalue weighted by atomic mass is 35.5. The van der Waals surface area contributed by atoms with Crippen LogP contribution in [0.5, 0.6) is 11.5 Å². The van der Waals surface area contributed by atoms with E-state index in [1.807, 2.05) is 0 Å². The Morgan fingerprint density at radius 3 is 1.90 bits per heavy atom. The van der Waals surface area contributed by atoms with Gasteiger partial charge in [-0.3, -0.25) is 9.44 Å². The highest BCUT2D eigenvalue weighted by molar-refractivity contribution is 7.93. The fourth-order valence-corrected chi connectivity index (χ4v) is 5.16. The molecule has 0 amide bonds. The van der Waals surface area contributed by atoms with Gasteiger partial charge in [0, 0.05) is 5.02 Å². The second-order valence-corrected chi connectivity index (χ2v) is 10.0. The summed E-state index contributed by atoms with van der Waals surface area (Å²) in [5.41, 5.74) is 0.187. The molecule has 0 unspecified atom stereocenters. The molecule has 0 aliphatic carbocycles. The smallest absolute Gasteiger partial charge is 0.262 e. The Morgan fingerprint density at radius 2 is 1.26 bits per heavy atom. The van der Waals surface area contributed by atoms with Crippen LogP contribution in [0.25, 0.3) is 0 Å². The second-order valence-electron chi connectivity index (χ2n) is 6.23. The molecule has 164 valence electrons. The molecule has 0 atom stereocenters. The number of methoxy groups -OCH3 is 2. The van der Waals surface area contributed by atoms with E-state index in [0.29, 0.717) is 5.75 Å². The van der Waals surface area contributed by atoms with E-state index in [1.54, 1.807) is 24.3 Å². The minimum atomic E-state index is -4.06. The third-order valence-electron chi connectivity index (χ3n) is 4.18. The summed E-state index contributed by atoms with van der Waals surface area (Å²) in [6.07, 6.45) is 0. The third kappa shape index (κ3) is 5.22. The van der Waals surface area contributed by atoms with Crippen LogP contribution < -0.4 is 18.9 Å². The Morgan fingerprint density at radius 1 is 0.677 bits per heavy atom. The summed E-state index contributed by atoms with van der Waals surface area (Å²) in [5, 5.41) is 0.243. The molecule has 0 spiro atoms. The molecule has 2 N–H and O–H groups in total. The molecule has 11 heteroatoms. The Kier molecular flexibility index (Phi) is 6.63. The fraction of sp³-hybridized carbons (Fsp3) is 0.100. The van der Waals surface area contributed by atoms with Gasteiger partial charge in [-0.1, -0.05) is 29.8 Å². The van der Waals surface area contributed by atoms with Crippen molar-refractivity contribution in [2.24, 2.45) is 0 Å². The van der Waals surface area contributed by atoms with Gasteiger partial charge in [-0.2, -0.15) is 0 Å². The summed E-state index contributed by atoms with van der Waals surface area (Å²) < 4.78 is 66.4. The third-order valence-corrected chi connectivity index (χ3v) is 7.14. The maximum absolute atomic E-state index is 12.9. The largest absolute Gasteiger partial charge is 0.495 e. The number of halogens is 1. The summed E-state index contributed by atoms with van der Waals surface area (Å²) in [5.74, 6) is 0.475. The first kappa shape index (κ1) is 22.7. The van der Waals surface area contributed by atoms with Crippen molar-refractivity contribution in [3.05, 3.63) is 71.8 Å². The van der Waals surface area contributed by atoms with Crippen molar-refractivity contribution < 1.29 is 26.3 Å². The van der Waals surface area contributed by atoms with E-state index in [0.717, 1.165) is 0 Å². The second kappa shape index (κ2) is 9.04. The lowest BCUT2D eigenvalue weighted by molar-refractivity contribution is 0.416. The quantitative estimate of drug-likeness (QED) is 0.502. The monoisotopic (exact) mass is 482 g/mol. The average molecular weight is 483 g/mol. The lowest BCUT2D eigenvalue weighted by atomic mass is 10.3. The van der Waals surface area contributed by atoms with E-state index in [1.165, 1.54) is 56.7 Å². The molecule has 3 rings (SSSR count). The maximum Gasteiger partial charge on any atom is 0.262 e. The number of para-hydroxylation sites is 2. The molecule has 0 radical (unpaired) electrons. The average Bonchev–Trinajstić information content (AvgIpc) is 2.73. The van der Waals surface area contributed by atoms with Crippen LogP contribution in [-0.2, 0) is 20.0 Å². The zero-order valence-corrected chi connectivity index (χ0v) is 18.9. The maximum atomic E-state index is 12.9. The summed E-state index contributed by atoms with van der Waals surface area (Å²) in [7, 11) is -5.35. The predicted molar refractivity (Wildman–Crippen MR) is 119 cm³/mol. The van der Waals surface area contributed by atoms with Crippen LogP contribution in [-0.4, -0.2) is 31.1 Å². The molecule has 0 fully saturated rings. The highest BCUT2D eigenvalue weighted by Gasteiger charge is 2.22. The van der Waals surface area contributed by atoms with Gasteiger partial charge in [0.05, 0.1) is 35.4 Å². The fourth-order valence-electron chi connectivity index (χ4n) is 2.70. The van der Waals surface area contributed by atoms with Crippen molar-refractivity contribution in [2.45, 2.75) is 9.79 Å². The molecule has 8 nitrogen and oxygen atoms in total. The van der Waals surface area contributed by atoms with E-state index >= 15 is 0 Å². The Labute approximate surface area is 185 Å². The van der Waals surface area contributed by atoms with Gasteiger partial charge in [-0.05, 0) is 48.5 Å². The van der Waals surface area contributed by atoms with Crippen LogP contribution in [0, 0.1) is 0 Å². The van der Waals surface area contributed by atoms with E-state index in [9.17, 15) is 16.8 Å². The number of anilines is 2. The summed E-state index contributed by atoms with van der Waals surface area (Å²) >= 11 is 5.88. The number of nitrogens with one attached hydrogen (secondary N) is 2. The molecular formula is C20H19ClN2O6S2. The first-order chi connectivity index (χ1) is 14.7. The number of rotatable bonds is 8. The van der Waals surface area contributed by atoms with Gasteiger partial charge in [0.2, 0.25) is 0 Å². The summed E-state index contributed by atoms with van der Waals surface area (Å²) in [6.45, 7) is 0. The summed E-state index contributed by atoms with van der Waals surface area (Å²) in [4.78, 5) is -0.259. The zero-order chi connectivity index (χ0) is 22.6. The molecule has 0 aliphatic heterocycles. The zero-order valence-electron chi connectivity index (χ0n) is 16.5. The van der Waals surface area contributed by atoms with Gasteiger partial charge in [0.25, 0.3) is 20.0 Å². The first-order valence-electron chi connectivity index (χ1n) is 8.78. The van der Waals surface area contributed by atoms with Crippen LogP contribution in [0.4, 0.5) is 11.4 Å². The standard InChI is InChI=1S/C20H19ClN2O6S2/c1-28-19-9-4-3-8-17(19)22-31(26,27)16-10-11-20(29-2)18(13-16)23-30(24,25)15-7-5-6-14(21)12-15/h3-13,22-23H,1-2H3. The molecule has 0 aliphatic rings. The van der Waals surface area contributed by atoms with Crippen LogP contribution in [0.2, 0.25) is 5.02 Å². The summed E-state index contributed by atoms with van der Waals surface area (Å²) in [6, 6.07) is 16.0. The van der Waals surface area contributed by atoms with Crippen molar-refractivity contribution in [3.8, 4) is 11.5 Å². The van der Waals surface area contributed by atoms with E-state index in [-0.39, 0.29) is 31.9 Å². The molecule has 0 bridgehead atoms. The first-order valence-corrected chi connectivity index (χ1v) is 12.1. The molecule has 0 aromatic heterocycles. The molecule has 3 aromatic rings. The van der Waals surface area contributed by atoms with Crippen molar-refractivity contribution in [2.75, 3.05) is 23.7 Å². The molecule has 0 saturated carbocycles. The number of sulfonamides is 2. The number of hydrogen-bond acceptors (Lipinski definition) is 6. The molecule has 0 heterocycles. The van der Waals surface area contributed by atoms with E-state index < -0.39 is 20.0 Å². The van der Waals surface area contributed by atoms with E-state index in [4.69, 9.17) is 21.1 Å². The number of benzene rings is 3. The Hall–Kier alpha value is -2.95. The Balaban J connectivity index is 1.98. The molecule has 3 aromatic carbocycles. The van der Waals surface area contributed by atoms with Gasteiger partial charge < -0.3 is 9.47 Å². The van der Waals surface area contributed by atoms with Crippen molar-refractivity contribution in [1.29, 1.82) is 0 Å². The van der Waals surface area contributed by atoms with Gasteiger partial charge in [0.1, 0.15) is 11.5 Å². The van der Waals surface area contributed by atoms with Gasteiger partial charge in [-0.15, -0.1) is 0 Å². The van der Waals surface area contributed by atoms with Gasteiger partial charge in [0.15, 0.2) is 0 Å². The number of hydrogen-bond donors (Lipinski definition) is 2. The van der Waals surface area contributed by atoms with Gasteiger partial charge >= 0.3 is 0 Å². The lowest BCUT2D eigenvalue weighted by Crippen LogP contribution is -2.16. The van der Waals surface area contributed by atoms with Crippen LogP contribution in [0.3, 0.4) is 0 Å². The normalized spacial score (nSPS) is 11.6. The number of ether oxygens (including phenoxy) is 2. The Bertz CT molecular complexity index is 1310. The van der Waals surface area contributed by atoms with Crippen molar-refractivity contribution in [3.63, 3.8) is 0 Å². The SMILES string of the molecule is COc1ccccc1NS(=O)(=O)c1ccc(OC)c(NS(=O)(=O)c2cccc(Cl)c2)c1.